The number of carbonyl (C=O) groups is 2. The third-order valence-electron chi connectivity index (χ3n) is 4.64. The lowest BCUT2D eigenvalue weighted by Gasteiger charge is -2.16. The Kier molecular flexibility index (Phi) is 9.10. The van der Waals surface area contributed by atoms with Crippen molar-refractivity contribution in [1.82, 2.24) is 0 Å². The largest absolute Gasteiger partial charge is 0.481 e. The van der Waals surface area contributed by atoms with Gasteiger partial charge in [-0.05, 0) is 25.2 Å². The van der Waals surface area contributed by atoms with Crippen LogP contribution in [0.1, 0.15) is 64.7 Å². The van der Waals surface area contributed by atoms with E-state index in [1.165, 1.54) is 0 Å². The standard InChI is InChI=1S/C18H30O5/c1-2-14-15(17(21)12-16(14)20)11-10-13(19)8-6-4-3-5-7-9-18(22)23/h10-11,13-16,19-20H,2-9,12H2,1H3,(H,22,23)/b11-10+/t13-,14+,15-,16+/m1/s1. The molecule has 0 bridgehead atoms. The minimum Gasteiger partial charge on any atom is -0.481 e. The zero-order valence-electron chi connectivity index (χ0n) is 14.0. The van der Waals surface area contributed by atoms with Crippen LogP contribution in [0.25, 0.3) is 0 Å². The van der Waals surface area contributed by atoms with Crippen molar-refractivity contribution in [2.75, 3.05) is 0 Å². The van der Waals surface area contributed by atoms with Gasteiger partial charge in [0, 0.05) is 18.8 Å². The van der Waals surface area contributed by atoms with Crippen molar-refractivity contribution in [2.45, 2.75) is 76.9 Å². The third kappa shape index (κ3) is 7.27. The first kappa shape index (κ1) is 19.8. The lowest BCUT2D eigenvalue weighted by atomic mass is 9.91. The van der Waals surface area contributed by atoms with Gasteiger partial charge in [-0.15, -0.1) is 0 Å². The molecular weight excluding hydrogens is 296 g/mol. The molecule has 0 aromatic carbocycles. The molecule has 132 valence electrons. The van der Waals surface area contributed by atoms with E-state index in [1.807, 2.05) is 6.92 Å². The maximum Gasteiger partial charge on any atom is 0.303 e. The molecule has 0 spiro atoms. The lowest BCUT2D eigenvalue weighted by molar-refractivity contribution is -0.137. The molecule has 0 aliphatic heterocycles. The zero-order valence-corrected chi connectivity index (χ0v) is 14.0. The van der Waals surface area contributed by atoms with Crippen LogP contribution in [0.3, 0.4) is 0 Å². The van der Waals surface area contributed by atoms with E-state index in [9.17, 15) is 19.8 Å². The quantitative estimate of drug-likeness (QED) is 0.401. The first-order chi connectivity index (χ1) is 11.0. The van der Waals surface area contributed by atoms with Gasteiger partial charge in [0.05, 0.1) is 12.2 Å². The van der Waals surface area contributed by atoms with Crippen LogP contribution >= 0.6 is 0 Å². The van der Waals surface area contributed by atoms with Crippen LogP contribution in [0.5, 0.6) is 0 Å². The number of ketones is 1. The molecule has 0 aromatic rings. The lowest BCUT2D eigenvalue weighted by Crippen LogP contribution is -2.18. The van der Waals surface area contributed by atoms with E-state index in [0.29, 0.717) is 12.8 Å². The fourth-order valence-corrected chi connectivity index (χ4v) is 3.25. The summed E-state index contributed by atoms with van der Waals surface area (Å²) in [4.78, 5) is 22.2. The summed E-state index contributed by atoms with van der Waals surface area (Å²) in [5.41, 5.74) is 0. The highest BCUT2D eigenvalue weighted by Crippen LogP contribution is 2.32. The van der Waals surface area contributed by atoms with Crippen LogP contribution < -0.4 is 0 Å². The fraction of sp³-hybridized carbons (Fsp3) is 0.778. The maximum absolute atomic E-state index is 11.8. The maximum atomic E-state index is 11.8. The van der Waals surface area contributed by atoms with Crippen molar-refractivity contribution in [3.63, 3.8) is 0 Å². The molecule has 4 atom stereocenters. The topological polar surface area (TPSA) is 94.8 Å². The summed E-state index contributed by atoms with van der Waals surface area (Å²) in [5.74, 6) is -0.977. The Bertz CT molecular complexity index is 404. The number of hydrogen-bond donors (Lipinski definition) is 3. The number of rotatable bonds is 11. The number of allylic oxidation sites excluding steroid dienone is 1. The Hall–Kier alpha value is -1.20. The number of Topliss-reactive ketones (excluding diaryl/α,β-unsaturated/α-hetero) is 1. The summed E-state index contributed by atoms with van der Waals surface area (Å²) in [6.45, 7) is 1.97. The van der Waals surface area contributed by atoms with Crippen LogP contribution in [-0.2, 0) is 9.59 Å². The smallest absolute Gasteiger partial charge is 0.303 e. The van der Waals surface area contributed by atoms with Crippen molar-refractivity contribution in [3.8, 4) is 0 Å². The van der Waals surface area contributed by atoms with Gasteiger partial charge in [-0.2, -0.15) is 0 Å². The molecule has 1 fully saturated rings. The molecule has 23 heavy (non-hydrogen) atoms. The van der Waals surface area contributed by atoms with Gasteiger partial charge in [0.2, 0.25) is 0 Å². The number of unbranched alkanes of at least 4 members (excludes halogenated alkanes) is 4. The highest BCUT2D eigenvalue weighted by molar-refractivity contribution is 5.85. The monoisotopic (exact) mass is 326 g/mol. The normalized spacial score (nSPS) is 26.0. The summed E-state index contributed by atoms with van der Waals surface area (Å²) in [7, 11) is 0. The van der Waals surface area contributed by atoms with Gasteiger partial charge < -0.3 is 15.3 Å². The summed E-state index contributed by atoms with van der Waals surface area (Å²) in [5, 5.41) is 28.3. The van der Waals surface area contributed by atoms with Crippen molar-refractivity contribution in [2.24, 2.45) is 11.8 Å². The molecular formula is C18H30O5. The second-order valence-corrected chi connectivity index (χ2v) is 6.49. The molecule has 0 amide bonds. The average molecular weight is 326 g/mol. The number of aliphatic carboxylic acids is 1. The Balaban J connectivity index is 2.19. The van der Waals surface area contributed by atoms with Crippen molar-refractivity contribution >= 4 is 11.8 Å². The van der Waals surface area contributed by atoms with E-state index in [1.54, 1.807) is 12.2 Å². The number of carbonyl (C=O) groups excluding carboxylic acids is 1. The molecule has 1 rings (SSSR count). The first-order valence-corrected chi connectivity index (χ1v) is 8.74. The predicted octanol–water partition coefficient (Wildman–Crippen LogP) is 2.69. The summed E-state index contributed by atoms with van der Waals surface area (Å²) in [6, 6.07) is 0. The van der Waals surface area contributed by atoms with Crippen molar-refractivity contribution in [1.29, 1.82) is 0 Å². The molecule has 1 aliphatic rings. The molecule has 5 heteroatoms. The molecule has 0 unspecified atom stereocenters. The van der Waals surface area contributed by atoms with Crippen LogP contribution in [0.15, 0.2) is 12.2 Å². The number of carboxylic acids is 1. The fourth-order valence-electron chi connectivity index (χ4n) is 3.25. The summed E-state index contributed by atoms with van der Waals surface area (Å²) in [6.07, 6.45) is 8.66. The first-order valence-electron chi connectivity index (χ1n) is 8.74. The third-order valence-corrected chi connectivity index (χ3v) is 4.64. The Labute approximate surface area is 138 Å². The minimum atomic E-state index is -0.748. The van der Waals surface area contributed by atoms with Gasteiger partial charge in [0.15, 0.2) is 0 Å². The van der Waals surface area contributed by atoms with Gasteiger partial charge in [0.25, 0.3) is 0 Å². The average Bonchev–Trinajstić information content (AvgIpc) is 2.76. The molecule has 0 heterocycles. The molecule has 0 radical (unpaired) electrons. The molecule has 0 saturated heterocycles. The van der Waals surface area contributed by atoms with Gasteiger partial charge in [0.1, 0.15) is 5.78 Å². The predicted molar refractivity (Wildman–Crippen MR) is 88.0 cm³/mol. The van der Waals surface area contributed by atoms with Crippen LogP contribution in [0.2, 0.25) is 0 Å². The van der Waals surface area contributed by atoms with E-state index in [4.69, 9.17) is 5.11 Å². The highest BCUT2D eigenvalue weighted by atomic mass is 16.4. The molecule has 5 nitrogen and oxygen atoms in total. The van der Waals surface area contributed by atoms with E-state index in [0.717, 1.165) is 32.1 Å². The molecule has 3 N–H and O–H groups in total. The zero-order chi connectivity index (χ0) is 17.2. The summed E-state index contributed by atoms with van der Waals surface area (Å²) >= 11 is 0. The van der Waals surface area contributed by atoms with E-state index < -0.39 is 18.2 Å². The Morgan fingerprint density at radius 3 is 2.57 bits per heavy atom. The second kappa shape index (κ2) is 10.6. The van der Waals surface area contributed by atoms with Gasteiger partial charge in [-0.3, -0.25) is 9.59 Å². The van der Waals surface area contributed by atoms with Crippen LogP contribution in [0.4, 0.5) is 0 Å². The number of carboxylic acid groups (broad SMARTS) is 1. The number of aliphatic hydroxyl groups excluding tert-OH is 2. The van der Waals surface area contributed by atoms with Crippen LogP contribution in [0, 0.1) is 11.8 Å². The molecule has 0 aromatic heterocycles. The highest BCUT2D eigenvalue weighted by Gasteiger charge is 2.38. The SMILES string of the molecule is CC[C@@H]1[C@@H](O)CC(=O)[C@@H]1/C=C/[C@H](O)CCCCCCCC(=O)O. The van der Waals surface area contributed by atoms with Crippen molar-refractivity contribution < 1.29 is 24.9 Å². The second-order valence-electron chi connectivity index (χ2n) is 6.49. The minimum absolute atomic E-state index is 0.0276. The Morgan fingerprint density at radius 2 is 1.91 bits per heavy atom. The van der Waals surface area contributed by atoms with E-state index in [-0.39, 0.29) is 30.5 Å². The molecule has 1 aliphatic carbocycles. The van der Waals surface area contributed by atoms with Crippen LogP contribution in [-0.4, -0.2) is 39.3 Å². The Morgan fingerprint density at radius 1 is 1.26 bits per heavy atom. The number of hydrogen-bond acceptors (Lipinski definition) is 4. The summed E-state index contributed by atoms with van der Waals surface area (Å²) < 4.78 is 0. The van der Waals surface area contributed by atoms with Gasteiger partial charge in [-0.1, -0.05) is 44.8 Å². The van der Waals surface area contributed by atoms with Crippen molar-refractivity contribution in [3.05, 3.63) is 12.2 Å². The van der Waals surface area contributed by atoms with E-state index >= 15 is 0 Å². The van der Waals surface area contributed by atoms with Gasteiger partial charge >= 0.3 is 5.97 Å². The number of aliphatic hydroxyl groups is 2. The molecule has 1 saturated carbocycles. The van der Waals surface area contributed by atoms with Gasteiger partial charge in [-0.25, -0.2) is 0 Å². The van der Waals surface area contributed by atoms with E-state index in [2.05, 4.69) is 0 Å².